The first kappa shape index (κ1) is 20.1. The summed E-state index contributed by atoms with van der Waals surface area (Å²) in [7, 11) is 0. The van der Waals surface area contributed by atoms with Gasteiger partial charge in [-0.1, -0.05) is 12.1 Å². The number of aromatic nitrogens is 6. The first-order valence-electron chi connectivity index (χ1n) is 9.42. The van der Waals surface area contributed by atoms with Crippen molar-refractivity contribution >= 4 is 11.6 Å². The molecule has 0 saturated heterocycles. The monoisotopic (exact) mass is 423 g/mol. The number of nitrogens with one attached hydrogen (secondary N) is 1. The molecular formula is C20H18FN7O3. The molecule has 0 aliphatic rings. The molecule has 0 unspecified atom stereocenters. The normalized spacial score (nSPS) is 10.9. The molecule has 3 aromatic heterocycles. The summed E-state index contributed by atoms with van der Waals surface area (Å²) < 4.78 is 21.7. The maximum atomic E-state index is 13.5. The van der Waals surface area contributed by atoms with Gasteiger partial charge >= 0.3 is 0 Å². The number of fused-ring (bicyclic) bond motifs is 1. The van der Waals surface area contributed by atoms with E-state index in [1.807, 2.05) is 0 Å². The van der Waals surface area contributed by atoms with E-state index in [0.29, 0.717) is 22.7 Å². The Hall–Kier alpha value is -4.15. The van der Waals surface area contributed by atoms with E-state index in [1.54, 1.807) is 37.3 Å². The molecule has 158 valence electrons. The predicted molar refractivity (Wildman–Crippen MR) is 108 cm³/mol. The zero-order valence-corrected chi connectivity index (χ0v) is 16.5. The molecule has 0 fully saturated rings. The highest BCUT2D eigenvalue weighted by Gasteiger charge is 2.11. The highest BCUT2D eigenvalue weighted by molar-refractivity contribution is 5.75. The van der Waals surface area contributed by atoms with Crippen molar-refractivity contribution in [3.8, 4) is 17.3 Å². The minimum absolute atomic E-state index is 0.151. The average Bonchev–Trinajstić information content (AvgIpc) is 3.17. The number of rotatable bonds is 7. The molecule has 4 aromatic rings. The fraction of sp³-hybridized carbons (Fsp3) is 0.200. The molecule has 11 heteroatoms. The smallest absolute Gasteiger partial charge is 0.267 e. The van der Waals surface area contributed by atoms with Gasteiger partial charge in [-0.15, -0.1) is 15.3 Å². The van der Waals surface area contributed by atoms with Crippen LogP contribution in [0, 0.1) is 12.7 Å². The van der Waals surface area contributed by atoms with Gasteiger partial charge in [-0.05, 0) is 31.2 Å². The Kier molecular flexibility index (Phi) is 5.65. The third-order valence-corrected chi connectivity index (χ3v) is 4.29. The van der Waals surface area contributed by atoms with Crippen LogP contribution in [0.4, 0.5) is 4.39 Å². The Balaban J connectivity index is 1.36. The van der Waals surface area contributed by atoms with Gasteiger partial charge in [-0.25, -0.2) is 9.07 Å². The van der Waals surface area contributed by atoms with Crippen molar-refractivity contribution in [1.29, 1.82) is 0 Å². The van der Waals surface area contributed by atoms with Crippen LogP contribution in [0.2, 0.25) is 0 Å². The van der Waals surface area contributed by atoms with Crippen LogP contribution in [0.25, 0.3) is 17.0 Å². The summed E-state index contributed by atoms with van der Waals surface area (Å²) in [5, 5.41) is 19.1. The molecular weight excluding hydrogens is 405 g/mol. The van der Waals surface area contributed by atoms with E-state index in [2.05, 4.69) is 25.7 Å². The zero-order valence-electron chi connectivity index (χ0n) is 16.5. The number of amides is 1. The number of hydrogen-bond donors (Lipinski definition) is 1. The van der Waals surface area contributed by atoms with E-state index in [4.69, 9.17) is 4.74 Å². The predicted octanol–water partition coefficient (Wildman–Crippen LogP) is 0.991. The van der Waals surface area contributed by atoms with Gasteiger partial charge < -0.3 is 10.1 Å². The topological polar surface area (TPSA) is 116 Å². The van der Waals surface area contributed by atoms with Crippen LogP contribution in [-0.4, -0.2) is 48.7 Å². The first-order chi connectivity index (χ1) is 15.0. The number of hydrogen-bond acceptors (Lipinski definition) is 7. The third kappa shape index (κ3) is 4.71. The van der Waals surface area contributed by atoms with Crippen molar-refractivity contribution in [2.75, 3.05) is 13.2 Å². The van der Waals surface area contributed by atoms with E-state index in [1.165, 1.54) is 22.7 Å². The lowest BCUT2D eigenvalue weighted by Crippen LogP contribution is -2.35. The van der Waals surface area contributed by atoms with Gasteiger partial charge in [-0.3, -0.25) is 9.59 Å². The number of benzene rings is 1. The summed E-state index contributed by atoms with van der Waals surface area (Å²) >= 11 is 0. The van der Waals surface area contributed by atoms with Crippen LogP contribution in [-0.2, 0) is 11.3 Å². The molecule has 0 saturated carbocycles. The number of ether oxygens (including phenoxy) is 1. The lowest BCUT2D eigenvalue weighted by Gasteiger charge is -2.08. The molecule has 0 aliphatic carbocycles. The Morgan fingerprint density at radius 2 is 2.00 bits per heavy atom. The standard InChI is InChI=1S/C20H18FN7O3/c1-13-5-8-19(30)27(25-13)12-17(29)22-9-10-31-18-7-6-16-23-24-20(28(16)26-18)14-3-2-4-15(21)11-14/h2-8,11H,9-10,12H2,1H3,(H,22,29). The molecule has 4 rings (SSSR count). The lowest BCUT2D eigenvalue weighted by molar-refractivity contribution is -0.122. The van der Waals surface area contributed by atoms with Crippen LogP contribution >= 0.6 is 0 Å². The van der Waals surface area contributed by atoms with Crippen LogP contribution in [0.15, 0.2) is 53.3 Å². The summed E-state index contributed by atoms with van der Waals surface area (Å²) in [6.07, 6.45) is 0. The molecule has 10 nitrogen and oxygen atoms in total. The fourth-order valence-electron chi connectivity index (χ4n) is 2.86. The van der Waals surface area contributed by atoms with Gasteiger partial charge in [-0.2, -0.15) is 9.61 Å². The van der Waals surface area contributed by atoms with Gasteiger partial charge in [0.2, 0.25) is 11.8 Å². The van der Waals surface area contributed by atoms with Gasteiger partial charge in [0, 0.05) is 17.7 Å². The number of halogens is 1. The largest absolute Gasteiger partial charge is 0.475 e. The first-order valence-corrected chi connectivity index (χ1v) is 9.42. The third-order valence-electron chi connectivity index (χ3n) is 4.29. The van der Waals surface area contributed by atoms with Crippen LogP contribution < -0.4 is 15.6 Å². The van der Waals surface area contributed by atoms with E-state index in [0.717, 1.165) is 4.68 Å². The Labute approximate surface area is 175 Å². The van der Waals surface area contributed by atoms with Gasteiger partial charge in [0.15, 0.2) is 11.5 Å². The van der Waals surface area contributed by atoms with Crippen LogP contribution in [0.5, 0.6) is 5.88 Å². The molecule has 1 amide bonds. The number of nitrogens with zero attached hydrogens (tertiary/aromatic N) is 6. The molecule has 0 bridgehead atoms. The van der Waals surface area contributed by atoms with Gasteiger partial charge in [0.25, 0.3) is 5.56 Å². The molecule has 0 spiro atoms. The Morgan fingerprint density at radius 1 is 1.13 bits per heavy atom. The van der Waals surface area contributed by atoms with Crippen molar-refractivity contribution < 1.29 is 13.9 Å². The van der Waals surface area contributed by atoms with Crippen molar-refractivity contribution in [2.24, 2.45) is 0 Å². The maximum absolute atomic E-state index is 13.5. The molecule has 0 atom stereocenters. The van der Waals surface area contributed by atoms with E-state index < -0.39 is 0 Å². The van der Waals surface area contributed by atoms with Crippen molar-refractivity contribution in [3.63, 3.8) is 0 Å². The molecule has 0 radical (unpaired) electrons. The maximum Gasteiger partial charge on any atom is 0.267 e. The quantitative estimate of drug-likeness (QED) is 0.441. The summed E-state index contributed by atoms with van der Waals surface area (Å²) in [5.74, 6) is -0.0833. The average molecular weight is 423 g/mol. The summed E-state index contributed by atoms with van der Waals surface area (Å²) in [6, 6.07) is 12.2. The van der Waals surface area contributed by atoms with Gasteiger partial charge in [0.1, 0.15) is 19.0 Å². The van der Waals surface area contributed by atoms with Crippen molar-refractivity contribution in [2.45, 2.75) is 13.5 Å². The van der Waals surface area contributed by atoms with Crippen molar-refractivity contribution in [3.05, 3.63) is 70.4 Å². The second kappa shape index (κ2) is 8.69. The highest BCUT2D eigenvalue weighted by Crippen LogP contribution is 2.19. The molecule has 3 heterocycles. The van der Waals surface area contributed by atoms with E-state index >= 15 is 0 Å². The van der Waals surface area contributed by atoms with Crippen LogP contribution in [0.1, 0.15) is 5.69 Å². The van der Waals surface area contributed by atoms with Crippen LogP contribution in [0.3, 0.4) is 0 Å². The zero-order chi connectivity index (χ0) is 21.8. The number of aryl methyl sites for hydroxylation is 1. The van der Waals surface area contributed by atoms with Gasteiger partial charge in [0.05, 0.1) is 12.2 Å². The summed E-state index contributed by atoms with van der Waals surface area (Å²) in [5.41, 5.74) is 1.31. The Morgan fingerprint density at radius 3 is 2.84 bits per heavy atom. The number of carbonyl (C=O) groups excluding carboxylic acids is 1. The van der Waals surface area contributed by atoms with E-state index in [-0.39, 0.29) is 42.9 Å². The SMILES string of the molecule is Cc1ccc(=O)n(CC(=O)NCCOc2ccc3nnc(-c4cccc(F)c4)n3n2)n1. The highest BCUT2D eigenvalue weighted by atomic mass is 19.1. The fourth-order valence-corrected chi connectivity index (χ4v) is 2.86. The number of carbonyl (C=O) groups is 1. The molecule has 0 aliphatic heterocycles. The second-order valence-corrected chi connectivity index (χ2v) is 6.64. The molecule has 31 heavy (non-hydrogen) atoms. The minimum atomic E-state index is -0.388. The summed E-state index contributed by atoms with van der Waals surface area (Å²) in [6.45, 7) is 1.92. The lowest BCUT2D eigenvalue weighted by atomic mass is 10.2. The van der Waals surface area contributed by atoms with Crippen molar-refractivity contribution in [1.82, 2.24) is 34.9 Å². The summed E-state index contributed by atoms with van der Waals surface area (Å²) in [4.78, 5) is 23.7. The minimum Gasteiger partial charge on any atom is -0.475 e. The molecule has 1 N–H and O–H groups in total. The molecule has 1 aromatic carbocycles. The van der Waals surface area contributed by atoms with E-state index in [9.17, 15) is 14.0 Å². The second-order valence-electron chi connectivity index (χ2n) is 6.64. The Bertz CT molecular complexity index is 1300.